The lowest BCUT2D eigenvalue weighted by Crippen LogP contribution is -2.49. The molecule has 0 saturated heterocycles. The Bertz CT molecular complexity index is 1300. The molecule has 0 bridgehead atoms. The van der Waals surface area contributed by atoms with Crippen molar-refractivity contribution in [3.05, 3.63) is 52.7 Å². The lowest BCUT2D eigenvalue weighted by Gasteiger charge is -2.37. The first-order chi connectivity index (χ1) is 17.0. The first-order valence-electron chi connectivity index (χ1n) is 11.8. The monoisotopic (exact) mass is 500 g/mol. The first kappa shape index (κ1) is 24.0. The van der Waals surface area contributed by atoms with Crippen LogP contribution < -0.4 is 15.5 Å². The van der Waals surface area contributed by atoms with Gasteiger partial charge in [-0.15, -0.1) is 0 Å². The number of fused-ring (bicyclic) bond motifs is 2. The van der Waals surface area contributed by atoms with Crippen molar-refractivity contribution in [3.63, 3.8) is 0 Å². The van der Waals surface area contributed by atoms with Crippen molar-refractivity contribution in [1.29, 1.82) is 0 Å². The topological polar surface area (TPSA) is 101 Å². The Morgan fingerprint density at radius 1 is 1.22 bits per heavy atom. The zero-order chi connectivity index (χ0) is 25.8. The van der Waals surface area contributed by atoms with E-state index in [1.807, 2.05) is 32.7 Å². The number of nitrogens with one attached hydrogen (secondary N) is 2. The zero-order valence-electron chi connectivity index (χ0n) is 20.4. The maximum absolute atomic E-state index is 12.8. The molecule has 2 N–H and O–H groups in total. The Hall–Kier alpha value is -3.70. The van der Waals surface area contributed by atoms with Gasteiger partial charge in [-0.05, 0) is 37.3 Å². The van der Waals surface area contributed by atoms with E-state index in [0.717, 1.165) is 30.2 Å². The van der Waals surface area contributed by atoms with Crippen molar-refractivity contribution < 1.29 is 18.0 Å². The molecule has 0 saturated carbocycles. The van der Waals surface area contributed by atoms with Crippen LogP contribution in [0.1, 0.15) is 54.5 Å². The second kappa shape index (κ2) is 8.75. The van der Waals surface area contributed by atoms with Gasteiger partial charge >= 0.3 is 6.18 Å². The molecule has 0 radical (unpaired) electrons. The molecular weight excluding hydrogens is 473 g/mol. The summed E-state index contributed by atoms with van der Waals surface area (Å²) in [6.45, 7) is 6.17. The van der Waals surface area contributed by atoms with Crippen LogP contribution in [0.3, 0.4) is 0 Å². The number of aryl methyl sites for hydroxylation is 1. The molecule has 1 aliphatic carbocycles. The molecule has 1 amide bonds. The zero-order valence-corrected chi connectivity index (χ0v) is 20.4. The van der Waals surface area contributed by atoms with Crippen LogP contribution in [-0.4, -0.2) is 43.7 Å². The average Bonchev–Trinajstić information content (AvgIpc) is 3.38. The Morgan fingerprint density at radius 3 is 2.67 bits per heavy atom. The second-order valence-corrected chi connectivity index (χ2v) is 9.61. The fraction of sp³-hybridized carbons (Fsp3) is 0.458. The van der Waals surface area contributed by atoms with Gasteiger partial charge in [0.15, 0.2) is 5.82 Å². The van der Waals surface area contributed by atoms with Crippen LogP contribution in [-0.2, 0) is 23.9 Å². The maximum Gasteiger partial charge on any atom is 0.433 e. The predicted octanol–water partition coefficient (Wildman–Crippen LogP) is 3.96. The smallest absolute Gasteiger partial charge is 0.347 e. The molecule has 0 spiro atoms. The number of halogens is 3. The summed E-state index contributed by atoms with van der Waals surface area (Å²) < 4.78 is 40.2. The van der Waals surface area contributed by atoms with Gasteiger partial charge in [-0.1, -0.05) is 19.9 Å². The molecule has 2 aliphatic rings. The molecular formula is C24H27F3N8O. The summed E-state index contributed by atoms with van der Waals surface area (Å²) in [7, 11) is 1.87. The average molecular weight is 501 g/mol. The Balaban J connectivity index is 1.34. The van der Waals surface area contributed by atoms with Gasteiger partial charge in [0.2, 0.25) is 11.9 Å². The van der Waals surface area contributed by atoms with Crippen LogP contribution in [0.2, 0.25) is 0 Å². The predicted molar refractivity (Wildman–Crippen MR) is 128 cm³/mol. The molecule has 12 heteroatoms. The third-order valence-electron chi connectivity index (χ3n) is 6.75. The van der Waals surface area contributed by atoms with Crippen LogP contribution >= 0.6 is 0 Å². The van der Waals surface area contributed by atoms with Gasteiger partial charge in [0.1, 0.15) is 17.4 Å². The number of carbonyl (C=O) groups is 1. The van der Waals surface area contributed by atoms with Gasteiger partial charge in [0.25, 0.3) is 0 Å². The number of amides is 1. The Morgan fingerprint density at radius 2 is 2.00 bits per heavy atom. The summed E-state index contributed by atoms with van der Waals surface area (Å²) in [5.41, 5.74) is 3.06. The standard InChI is InChI=1S/C24H27F3N8O/c1-12(2)20-22(36)32-19-13(3)30-23(33-21(19)34(20)4)31-16-6-7-17-15(16)10-29-35(17)11-14-5-8-18(28-9-14)24(25,26)27/h5,8-10,12,16,20H,6-7,11H2,1-4H3,(H,32,36)(H,30,31,33). The van der Waals surface area contributed by atoms with Crippen LogP contribution in [0.5, 0.6) is 0 Å². The number of anilines is 3. The molecule has 9 nitrogen and oxygen atoms in total. The number of hydrogen-bond donors (Lipinski definition) is 2. The van der Waals surface area contributed by atoms with Gasteiger partial charge in [-0.3, -0.25) is 14.5 Å². The number of nitrogens with zero attached hydrogens (tertiary/aromatic N) is 6. The molecule has 3 aromatic rings. The van der Waals surface area contributed by atoms with E-state index in [9.17, 15) is 18.0 Å². The number of hydrogen-bond acceptors (Lipinski definition) is 7. The van der Waals surface area contributed by atoms with Crippen molar-refractivity contribution in [2.24, 2.45) is 5.92 Å². The van der Waals surface area contributed by atoms with Crippen LogP contribution in [0.15, 0.2) is 24.5 Å². The van der Waals surface area contributed by atoms with E-state index in [1.165, 1.54) is 12.3 Å². The maximum atomic E-state index is 12.8. The highest BCUT2D eigenvalue weighted by Crippen LogP contribution is 2.37. The highest BCUT2D eigenvalue weighted by molar-refractivity contribution is 6.03. The summed E-state index contributed by atoms with van der Waals surface area (Å²) in [5.74, 6) is 1.18. The Labute approximate surface area is 206 Å². The second-order valence-electron chi connectivity index (χ2n) is 9.61. The molecule has 0 fully saturated rings. The highest BCUT2D eigenvalue weighted by Gasteiger charge is 2.36. The fourth-order valence-electron chi connectivity index (χ4n) is 5.01. The van der Waals surface area contributed by atoms with Crippen LogP contribution in [0.4, 0.5) is 30.6 Å². The molecule has 5 rings (SSSR count). The number of likely N-dealkylation sites (N-methyl/N-ethyl adjacent to an activating group) is 1. The number of carbonyl (C=O) groups excluding carboxylic acids is 1. The van der Waals surface area contributed by atoms with Crippen molar-refractivity contribution in [3.8, 4) is 0 Å². The van der Waals surface area contributed by atoms with Crippen LogP contribution in [0.25, 0.3) is 0 Å². The number of aromatic nitrogens is 5. The molecule has 190 valence electrons. The third kappa shape index (κ3) is 4.24. The van der Waals surface area contributed by atoms with Gasteiger partial charge in [0, 0.05) is 24.5 Å². The molecule has 2 atom stereocenters. The van der Waals surface area contributed by atoms with Gasteiger partial charge in [-0.2, -0.15) is 23.3 Å². The van der Waals surface area contributed by atoms with Crippen molar-refractivity contribution in [2.75, 3.05) is 22.6 Å². The molecule has 36 heavy (non-hydrogen) atoms. The first-order valence-corrected chi connectivity index (χ1v) is 11.8. The number of alkyl halides is 3. The van der Waals surface area contributed by atoms with Crippen molar-refractivity contribution in [2.45, 2.75) is 58.4 Å². The summed E-state index contributed by atoms with van der Waals surface area (Å²) in [6, 6.07) is 2.04. The molecule has 2 unspecified atom stereocenters. The van der Waals surface area contributed by atoms with E-state index in [2.05, 4.69) is 25.7 Å². The van der Waals surface area contributed by atoms with Crippen molar-refractivity contribution in [1.82, 2.24) is 24.7 Å². The fourth-order valence-corrected chi connectivity index (χ4v) is 5.01. The van der Waals surface area contributed by atoms with Gasteiger partial charge in [-0.25, -0.2) is 4.98 Å². The minimum absolute atomic E-state index is 0.0543. The largest absolute Gasteiger partial charge is 0.433 e. The number of pyridine rings is 1. The summed E-state index contributed by atoms with van der Waals surface area (Å²) in [4.78, 5) is 27.3. The third-order valence-corrected chi connectivity index (χ3v) is 6.75. The van der Waals surface area contributed by atoms with E-state index in [4.69, 9.17) is 4.98 Å². The Kier molecular flexibility index (Phi) is 5.84. The lowest BCUT2D eigenvalue weighted by atomic mass is 9.99. The molecule has 0 aromatic carbocycles. The van der Waals surface area contributed by atoms with Gasteiger partial charge in [0.05, 0.1) is 24.5 Å². The molecule has 1 aliphatic heterocycles. The quantitative estimate of drug-likeness (QED) is 0.547. The highest BCUT2D eigenvalue weighted by atomic mass is 19.4. The summed E-state index contributed by atoms with van der Waals surface area (Å²) >= 11 is 0. The van der Waals surface area contributed by atoms with Crippen molar-refractivity contribution >= 4 is 23.4 Å². The SMILES string of the molecule is Cc1nc(NC2CCc3c2cnn3Cc2ccc(C(F)(F)F)nc2)nc2c1NC(=O)C(C(C)C)N2C. The number of rotatable bonds is 5. The van der Waals surface area contributed by atoms with E-state index < -0.39 is 11.9 Å². The molecule has 3 aromatic heterocycles. The lowest BCUT2D eigenvalue weighted by molar-refractivity contribution is -0.141. The van der Waals surface area contributed by atoms with E-state index in [0.29, 0.717) is 35.3 Å². The van der Waals surface area contributed by atoms with E-state index in [1.54, 1.807) is 10.9 Å². The minimum atomic E-state index is -4.46. The van der Waals surface area contributed by atoms with E-state index in [-0.39, 0.29) is 23.9 Å². The van der Waals surface area contributed by atoms with E-state index >= 15 is 0 Å². The minimum Gasteiger partial charge on any atom is -0.347 e. The van der Waals surface area contributed by atoms with Gasteiger partial charge < -0.3 is 15.5 Å². The summed E-state index contributed by atoms with van der Waals surface area (Å²) in [6.07, 6.45) is 0.127. The molecule has 4 heterocycles. The normalized spacial score (nSPS) is 19.3. The summed E-state index contributed by atoms with van der Waals surface area (Å²) in [5, 5.41) is 10.8. The van der Waals surface area contributed by atoms with Crippen LogP contribution in [0, 0.1) is 12.8 Å².